The summed E-state index contributed by atoms with van der Waals surface area (Å²) in [5.74, 6) is -0.767. The molecule has 1 aliphatic rings. The maximum absolute atomic E-state index is 14.5. The highest BCUT2D eigenvalue weighted by atomic mass is 19.1. The Morgan fingerprint density at radius 1 is 1.33 bits per heavy atom. The van der Waals surface area contributed by atoms with Crippen LogP contribution in [0.4, 0.5) is 4.39 Å². The van der Waals surface area contributed by atoms with E-state index in [0.29, 0.717) is 18.7 Å². The Bertz CT molecular complexity index is 753. The molecule has 1 amide bonds. The zero-order valence-electron chi connectivity index (χ0n) is 14.6. The normalized spacial score (nSPS) is 18.0. The molecule has 1 fully saturated rings. The van der Waals surface area contributed by atoms with Crippen LogP contribution in [0.3, 0.4) is 0 Å². The van der Waals surface area contributed by atoms with Crippen LogP contribution < -0.4 is 0 Å². The number of likely N-dealkylation sites (tertiary alicyclic amines) is 1. The molecule has 24 heavy (non-hydrogen) atoms. The van der Waals surface area contributed by atoms with Gasteiger partial charge in [-0.1, -0.05) is 31.2 Å². The minimum Gasteiger partial charge on any atom is -0.331 e. The van der Waals surface area contributed by atoms with E-state index in [-0.39, 0.29) is 17.5 Å². The third kappa shape index (κ3) is 2.83. The lowest BCUT2D eigenvalue weighted by Gasteiger charge is -2.36. The standard InChI is InChI=1S/C19H24FN3O/c1-4-15-17(18(20)22(3)21-15)19(24)23-12-8-7-11-16(23)14-10-6-5-9-13(14)2/h5-6,9-10,16H,4,7-8,11-12H2,1-3H3. The molecule has 2 heterocycles. The first-order chi connectivity index (χ1) is 11.5. The number of hydrogen-bond donors (Lipinski definition) is 0. The summed E-state index contributed by atoms with van der Waals surface area (Å²) in [5, 5.41) is 4.15. The van der Waals surface area contributed by atoms with Crippen molar-refractivity contribution in [3.8, 4) is 0 Å². The van der Waals surface area contributed by atoms with Crippen LogP contribution in [0.15, 0.2) is 24.3 Å². The topological polar surface area (TPSA) is 38.1 Å². The third-order valence-electron chi connectivity index (χ3n) is 4.91. The van der Waals surface area contributed by atoms with E-state index in [4.69, 9.17) is 0 Å². The van der Waals surface area contributed by atoms with E-state index >= 15 is 0 Å². The summed E-state index contributed by atoms with van der Waals surface area (Å²) in [4.78, 5) is 15.0. The van der Waals surface area contributed by atoms with Crippen molar-refractivity contribution in [3.05, 3.63) is 52.6 Å². The first-order valence-corrected chi connectivity index (χ1v) is 8.62. The first kappa shape index (κ1) is 16.7. The Labute approximate surface area is 142 Å². The number of aromatic nitrogens is 2. The monoisotopic (exact) mass is 329 g/mol. The molecule has 1 atom stereocenters. The zero-order chi connectivity index (χ0) is 17.3. The van der Waals surface area contributed by atoms with Crippen molar-refractivity contribution in [2.24, 2.45) is 7.05 Å². The van der Waals surface area contributed by atoms with E-state index in [1.54, 1.807) is 7.05 Å². The smallest absolute Gasteiger partial charge is 0.260 e. The molecule has 5 heteroatoms. The highest BCUT2D eigenvalue weighted by Crippen LogP contribution is 2.34. The molecule has 3 rings (SSSR count). The molecular weight excluding hydrogens is 305 g/mol. The number of nitrogens with zero attached hydrogens (tertiary/aromatic N) is 3. The SMILES string of the molecule is CCc1nn(C)c(F)c1C(=O)N1CCCCC1c1ccccc1C. The van der Waals surface area contributed by atoms with E-state index in [9.17, 15) is 9.18 Å². The van der Waals surface area contributed by atoms with Gasteiger partial charge in [-0.15, -0.1) is 0 Å². The molecule has 1 saturated heterocycles. The van der Waals surface area contributed by atoms with Gasteiger partial charge in [-0.25, -0.2) is 4.68 Å². The van der Waals surface area contributed by atoms with Crippen molar-refractivity contribution in [3.63, 3.8) is 0 Å². The predicted molar refractivity (Wildman–Crippen MR) is 91.4 cm³/mol. The molecule has 0 N–H and O–H groups in total. The maximum Gasteiger partial charge on any atom is 0.260 e. The van der Waals surface area contributed by atoms with Crippen LogP contribution in [0.25, 0.3) is 0 Å². The Hall–Kier alpha value is -2.17. The van der Waals surface area contributed by atoms with Crippen LogP contribution in [0.2, 0.25) is 0 Å². The average molecular weight is 329 g/mol. The average Bonchev–Trinajstić information content (AvgIpc) is 2.89. The Balaban J connectivity index is 2.00. The third-order valence-corrected chi connectivity index (χ3v) is 4.91. The van der Waals surface area contributed by atoms with Crippen LogP contribution in [0, 0.1) is 12.9 Å². The predicted octanol–water partition coefficient (Wildman–Crippen LogP) is 3.80. The number of carbonyl (C=O) groups is 1. The Morgan fingerprint density at radius 2 is 2.08 bits per heavy atom. The second kappa shape index (κ2) is 6.75. The van der Waals surface area contributed by atoms with Crippen molar-refractivity contribution in [1.82, 2.24) is 14.7 Å². The molecule has 0 bridgehead atoms. The van der Waals surface area contributed by atoms with Gasteiger partial charge in [0.05, 0.1) is 11.7 Å². The lowest BCUT2D eigenvalue weighted by Crippen LogP contribution is -2.39. The van der Waals surface area contributed by atoms with Crippen LogP contribution in [0.1, 0.15) is 59.4 Å². The molecule has 128 valence electrons. The minimum atomic E-state index is -0.536. The van der Waals surface area contributed by atoms with Gasteiger partial charge in [0.1, 0.15) is 5.56 Å². The highest BCUT2D eigenvalue weighted by Gasteiger charge is 2.33. The largest absolute Gasteiger partial charge is 0.331 e. The quantitative estimate of drug-likeness (QED) is 0.859. The fraction of sp³-hybridized carbons (Fsp3) is 0.474. The minimum absolute atomic E-state index is 0.0109. The molecule has 1 aliphatic heterocycles. The molecule has 0 radical (unpaired) electrons. The number of amides is 1. The fourth-order valence-corrected chi connectivity index (χ4v) is 3.62. The zero-order valence-corrected chi connectivity index (χ0v) is 14.6. The first-order valence-electron chi connectivity index (χ1n) is 8.62. The van der Waals surface area contributed by atoms with E-state index in [1.807, 2.05) is 24.0 Å². The molecule has 2 aromatic rings. The van der Waals surface area contributed by atoms with Crippen LogP contribution in [0.5, 0.6) is 0 Å². The number of halogens is 1. The Kier molecular flexibility index (Phi) is 4.69. The van der Waals surface area contributed by atoms with Crippen molar-refractivity contribution in [2.75, 3.05) is 6.54 Å². The summed E-state index contributed by atoms with van der Waals surface area (Å²) in [6.45, 7) is 4.62. The second-order valence-electron chi connectivity index (χ2n) is 6.46. The van der Waals surface area contributed by atoms with Crippen LogP contribution in [-0.4, -0.2) is 27.1 Å². The summed E-state index contributed by atoms with van der Waals surface area (Å²) in [6, 6.07) is 8.16. The number of rotatable bonds is 3. The maximum atomic E-state index is 14.5. The van der Waals surface area contributed by atoms with Crippen molar-refractivity contribution >= 4 is 5.91 Å². The van der Waals surface area contributed by atoms with Gasteiger partial charge < -0.3 is 4.90 Å². The molecule has 4 nitrogen and oxygen atoms in total. The van der Waals surface area contributed by atoms with Gasteiger partial charge in [-0.05, 0) is 43.7 Å². The van der Waals surface area contributed by atoms with Gasteiger partial charge in [-0.2, -0.15) is 9.49 Å². The molecule has 1 aromatic heterocycles. The van der Waals surface area contributed by atoms with Crippen molar-refractivity contribution in [2.45, 2.75) is 45.6 Å². The van der Waals surface area contributed by atoms with E-state index in [0.717, 1.165) is 24.8 Å². The molecule has 1 unspecified atom stereocenters. The van der Waals surface area contributed by atoms with Crippen molar-refractivity contribution < 1.29 is 9.18 Å². The summed E-state index contributed by atoms with van der Waals surface area (Å²) in [5.41, 5.74) is 3.01. The summed E-state index contributed by atoms with van der Waals surface area (Å²) in [6.07, 6.45) is 3.50. The highest BCUT2D eigenvalue weighted by molar-refractivity contribution is 5.95. The van der Waals surface area contributed by atoms with Gasteiger partial charge in [0.15, 0.2) is 0 Å². The van der Waals surface area contributed by atoms with Gasteiger partial charge in [0.25, 0.3) is 5.91 Å². The molecular formula is C19H24FN3O. The molecule has 1 aromatic carbocycles. The lowest BCUT2D eigenvalue weighted by atomic mass is 9.91. The number of benzene rings is 1. The lowest BCUT2D eigenvalue weighted by molar-refractivity contribution is 0.0604. The van der Waals surface area contributed by atoms with E-state index < -0.39 is 5.95 Å². The van der Waals surface area contributed by atoms with Gasteiger partial charge in [0.2, 0.25) is 5.95 Å². The van der Waals surface area contributed by atoms with E-state index in [2.05, 4.69) is 24.2 Å². The molecule has 0 spiro atoms. The summed E-state index contributed by atoms with van der Waals surface area (Å²) < 4.78 is 15.6. The number of hydrogen-bond acceptors (Lipinski definition) is 2. The van der Waals surface area contributed by atoms with Crippen molar-refractivity contribution in [1.29, 1.82) is 0 Å². The molecule has 0 aliphatic carbocycles. The van der Waals surface area contributed by atoms with Gasteiger partial charge in [0, 0.05) is 13.6 Å². The number of piperidine rings is 1. The van der Waals surface area contributed by atoms with Crippen LogP contribution in [-0.2, 0) is 13.5 Å². The number of aryl methyl sites for hydroxylation is 3. The summed E-state index contributed by atoms with van der Waals surface area (Å²) in [7, 11) is 1.54. The van der Waals surface area contributed by atoms with Gasteiger partial charge >= 0.3 is 0 Å². The van der Waals surface area contributed by atoms with Crippen LogP contribution >= 0.6 is 0 Å². The second-order valence-corrected chi connectivity index (χ2v) is 6.46. The summed E-state index contributed by atoms with van der Waals surface area (Å²) >= 11 is 0. The van der Waals surface area contributed by atoms with Gasteiger partial charge in [-0.3, -0.25) is 4.79 Å². The fourth-order valence-electron chi connectivity index (χ4n) is 3.62. The molecule has 0 saturated carbocycles. The number of carbonyl (C=O) groups excluding carboxylic acids is 1. The Morgan fingerprint density at radius 3 is 2.79 bits per heavy atom. The van der Waals surface area contributed by atoms with E-state index in [1.165, 1.54) is 10.2 Å².